The Morgan fingerprint density at radius 1 is 1.33 bits per heavy atom. The van der Waals surface area contributed by atoms with E-state index in [2.05, 4.69) is 21.4 Å². The first-order valence-electron chi connectivity index (χ1n) is 10.4. The van der Waals surface area contributed by atoms with Crippen LogP contribution in [0, 0.1) is 5.92 Å². The van der Waals surface area contributed by atoms with Gasteiger partial charge in [-0.05, 0) is 57.8 Å². The van der Waals surface area contributed by atoms with Crippen LogP contribution in [0.1, 0.15) is 58.3 Å². The number of carbonyl (C=O) groups excluding carboxylic acids is 1. The Morgan fingerprint density at radius 3 is 2.96 bits per heavy atom. The van der Waals surface area contributed by atoms with Gasteiger partial charge in [0.1, 0.15) is 0 Å². The molecule has 0 radical (unpaired) electrons. The van der Waals surface area contributed by atoms with E-state index in [9.17, 15) is 9.59 Å². The number of allylic oxidation sites excluding steroid dienone is 1. The summed E-state index contributed by atoms with van der Waals surface area (Å²) in [7, 11) is 0. The molecule has 1 saturated heterocycles. The molecule has 0 saturated carbocycles. The van der Waals surface area contributed by atoms with Gasteiger partial charge in [0, 0.05) is 38.7 Å². The molecular formula is C21H32N4O2. The molecule has 0 bridgehead atoms. The molecule has 27 heavy (non-hydrogen) atoms. The molecule has 148 valence electrons. The summed E-state index contributed by atoms with van der Waals surface area (Å²) in [6.07, 6.45) is 12.7. The average Bonchev–Trinajstić information content (AvgIpc) is 2.69. The fraction of sp³-hybridized carbons (Fsp3) is 0.667. The summed E-state index contributed by atoms with van der Waals surface area (Å²) in [5.41, 5.74) is 2.31. The highest BCUT2D eigenvalue weighted by Gasteiger charge is 2.23. The van der Waals surface area contributed by atoms with Crippen LogP contribution in [0.25, 0.3) is 0 Å². The van der Waals surface area contributed by atoms with Gasteiger partial charge in [-0.1, -0.05) is 11.6 Å². The maximum atomic E-state index is 12.3. The molecule has 6 nitrogen and oxygen atoms in total. The molecule has 0 spiro atoms. The lowest BCUT2D eigenvalue weighted by atomic mass is 9.94. The summed E-state index contributed by atoms with van der Waals surface area (Å²) in [5, 5.41) is 7.31. The van der Waals surface area contributed by atoms with Crippen LogP contribution in [0.4, 0.5) is 5.69 Å². The second-order valence-electron chi connectivity index (χ2n) is 7.73. The van der Waals surface area contributed by atoms with Crippen molar-refractivity contribution >= 4 is 11.6 Å². The van der Waals surface area contributed by atoms with Gasteiger partial charge in [0.05, 0.1) is 11.9 Å². The average molecular weight is 373 g/mol. The Hall–Kier alpha value is -2.11. The van der Waals surface area contributed by atoms with Gasteiger partial charge in [-0.15, -0.1) is 0 Å². The summed E-state index contributed by atoms with van der Waals surface area (Å²) in [4.78, 5) is 26.5. The molecule has 1 atom stereocenters. The second kappa shape index (κ2) is 9.72. The predicted octanol–water partition coefficient (Wildman–Crippen LogP) is 2.88. The molecule has 0 aromatic carbocycles. The third kappa shape index (κ3) is 5.68. The zero-order chi connectivity index (χ0) is 19.1. The number of aryl methyl sites for hydroxylation is 1. The molecule has 1 aromatic heterocycles. The minimum atomic E-state index is -0.0631. The molecule has 1 aliphatic heterocycles. The number of hydrogen-bond donors (Lipinski definition) is 1. The Bertz CT molecular complexity index is 725. The number of aromatic nitrogens is 2. The van der Waals surface area contributed by atoms with E-state index in [1.165, 1.54) is 35.9 Å². The van der Waals surface area contributed by atoms with E-state index >= 15 is 0 Å². The topological polar surface area (TPSA) is 67.2 Å². The zero-order valence-electron chi connectivity index (χ0n) is 16.5. The van der Waals surface area contributed by atoms with Gasteiger partial charge in [-0.3, -0.25) is 9.59 Å². The molecule has 6 heteroatoms. The van der Waals surface area contributed by atoms with Gasteiger partial charge in [0.15, 0.2) is 0 Å². The van der Waals surface area contributed by atoms with Gasteiger partial charge < -0.3 is 10.2 Å². The van der Waals surface area contributed by atoms with E-state index in [1.54, 1.807) is 12.3 Å². The number of nitrogens with zero attached hydrogens (tertiary/aromatic N) is 3. The lowest BCUT2D eigenvalue weighted by Gasteiger charge is -2.34. The van der Waals surface area contributed by atoms with Crippen LogP contribution in [-0.4, -0.2) is 35.3 Å². The van der Waals surface area contributed by atoms with E-state index in [-0.39, 0.29) is 11.5 Å². The van der Waals surface area contributed by atoms with Crippen molar-refractivity contribution in [3.8, 4) is 0 Å². The third-order valence-electron chi connectivity index (χ3n) is 5.67. The van der Waals surface area contributed by atoms with Crippen LogP contribution in [0.5, 0.6) is 0 Å². The number of nitrogens with one attached hydrogen (secondary N) is 1. The van der Waals surface area contributed by atoms with Crippen LogP contribution in [-0.2, 0) is 11.3 Å². The maximum Gasteiger partial charge on any atom is 0.268 e. The van der Waals surface area contributed by atoms with Crippen molar-refractivity contribution in [2.75, 3.05) is 24.5 Å². The van der Waals surface area contributed by atoms with Gasteiger partial charge in [0.2, 0.25) is 5.91 Å². The van der Waals surface area contributed by atoms with Gasteiger partial charge in [0.25, 0.3) is 5.56 Å². The summed E-state index contributed by atoms with van der Waals surface area (Å²) in [6, 6.07) is 1.66. The highest BCUT2D eigenvalue weighted by molar-refractivity contribution is 5.76. The largest absolute Gasteiger partial charge is 0.370 e. The Balaban J connectivity index is 1.46. The Morgan fingerprint density at radius 2 is 2.22 bits per heavy atom. The molecule has 1 amide bonds. The number of amides is 1. The summed E-state index contributed by atoms with van der Waals surface area (Å²) < 4.78 is 1.46. The van der Waals surface area contributed by atoms with Gasteiger partial charge in [-0.2, -0.15) is 5.10 Å². The van der Waals surface area contributed by atoms with E-state index in [0.29, 0.717) is 18.9 Å². The standard InChI is InChI=1S/C21H32N4O2/c1-2-25-21(27)14-19(15-23-25)24-12-6-9-18(16-24)13-20(26)22-11-10-17-7-4-3-5-8-17/h7,14-15,18H,2-6,8-13,16H2,1H3,(H,22,26). The van der Waals surface area contributed by atoms with E-state index in [1.807, 2.05) is 6.92 Å². The van der Waals surface area contributed by atoms with Crippen molar-refractivity contribution in [3.05, 3.63) is 34.3 Å². The number of hydrogen-bond acceptors (Lipinski definition) is 4. The number of carbonyl (C=O) groups is 1. The first-order valence-corrected chi connectivity index (χ1v) is 10.4. The van der Waals surface area contributed by atoms with Crippen LogP contribution < -0.4 is 15.8 Å². The maximum absolute atomic E-state index is 12.3. The van der Waals surface area contributed by atoms with Crippen LogP contribution in [0.15, 0.2) is 28.7 Å². The predicted molar refractivity (Wildman–Crippen MR) is 108 cm³/mol. The fourth-order valence-electron chi connectivity index (χ4n) is 4.13. The molecular weight excluding hydrogens is 340 g/mol. The van der Waals surface area contributed by atoms with Crippen LogP contribution >= 0.6 is 0 Å². The first-order chi connectivity index (χ1) is 13.2. The highest BCUT2D eigenvalue weighted by Crippen LogP contribution is 2.24. The number of piperidine rings is 1. The van der Waals surface area contributed by atoms with Crippen molar-refractivity contribution in [3.63, 3.8) is 0 Å². The Labute approximate surface area is 161 Å². The van der Waals surface area contributed by atoms with Crippen molar-refractivity contribution < 1.29 is 4.79 Å². The van der Waals surface area contributed by atoms with Crippen LogP contribution in [0.2, 0.25) is 0 Å². The number of rotatable bonds is 7. The van der Waals surface area contributed by atoms with Crippen molar-refractivity contribution in [1.29, 1.82) is 0 Å². The van der Waals surface area contributed by atoms with E-state index in [0.717, 1.165) is 44.6 Å². The minimum absolute atomic E-state index is 0.0631. The summed E-state index contributed by atoms with van der Waals surface area (Å²) in [6.45, 7) is 4.98. The summed E-state index contributed by atoms with van der Waals surface area (Å²) >= 11 is 0. The zero-order valence-corrected chi connectivity index (χ0v) is 16.5. The monoisotopic (exact) mass is 372 g/mol. The van der Waals surface area contributed by atoms with E-state index in [4.69, 9.17) is 0 Å². The van der Waals surface area contributed by atoms with Gasteiger partial charge >= 0.3 is 0 Å². The molecule has 1 aromatic rings. The molecule has 1 aliphatic carbocycles. The quantitative estimate of drug-likeness (QED) is 0.748. The normalized spacial score (nSPS) is 20.3. The lowest BCUT2D eigenvalue weighted by Crippen LogP contribution is -2.39. The molecule has 2 aliphatic rings. The molecule has 1 fully saturated rings. The lowest BCUT2D eigenvalue weighted by molar-refractivity contribution is -0.122. The van der Waals surface area contributed by atoms with Crippen LogP contribution in [0.3, 0.4) is 0 Å². The fourth-order valence-corrected chi connectivity index (χ4v) is 4.13. The van der Waals surface area contributed by atoms with Crippen molar-refractivity contribution in [1.82, 2.24) is 15.1 Å². The van der Waals surface area contributed by atoms with Crippen molar-refractivity contribution in [2.45, 2.75) is 64.8 Å². The van der Waals surface area contributed by atoms with E-state index < -0.39 is 0 Å². The second-order valence-corrected chi connectivity index (χ2v) is 7.73. The third-order valence-corrected chi connectivity index (χ3v) is 5.67. The molecule has 2 heterocycles. The van der Waals surface area contributed by atoms with Gasteiger partial charge in [-0.25, -0.2) is 4.68 Å². The Kier molecular flexibility index (Phi) is 7.07. The minimum Gasteiger partial charge on any atom is -0.370 e. The van der Waals surface area contributed by atoms with Crippen molar-refractivity contribution in [2.24, 2.45) is 5.92 Å². The molecule has 3 rings (SSSR count). The smallest absolute Gasteiger partial charge is 0.268 e. The molecule has 1 N–H and O–H groups in total. The highest BCUT2D eigenvalue weighted by atomic mass is 16.1. The first kappa shape index (κ1) is 19.6. The molecule has 1 unspecified atom stereocenters. The number of anilines is 1. The SMILES string of the molecule is CCn1ncc(N2CCCC(CC(=O)NCCC3=CCCCC3)C2)cc1=O. The summed E-state index contributed by atoms with van der Waals surface area (Å²) in [5.74, 6) is 0.485.